The van der Waals surface area contributed by atoms with Crippen LogP contribution in [-0.2, 0) is 0 Å². The molecule has 1 aromatic carbocycles. The lowest BCUT2D eigenvalue weighted by molar-refractivity contribution is 0.504. The Morgan fingerprint density at radius 3 is 2.75 bits per heavy atom. The zero-order valence-electron chi connectivity index (χ0n) is 9.67. The molecule has 1 unspecified atom stereocenters. The maximum atomic E-state index is 3.88. The summed E-state index contributed by atoms with van der Waals surface area (Å²) < 4.78 is 1.02. The van der Waals surface area contributed by atoms with Crippen molar-refractivity contribution >= 4 is 15.9 Å². The highest BCUT2D eigenvalue weighted by Crippen LogP contribution is 2.41. The Kier molecular flexibility index (Phi) is 3.82. The van der Waals surface area contributed by atoms with E-state index in [1.54, 1.807) is 0 Å². The summed E-state index contributed by atoms with van der Waals surface area (Å²) in [5, 5.41) is 3.59. The predicted molar refractivity (Wildman–Crippen MR) is 72.7 cm³/mol. The molecule has 1 aliphatic rings. The molecule has 0 radical (unpaired) electrons. The van der Waals surface area contributed by atoms with Crippen LogP contribution >= 0.6 is 15.9 Å². The molecule has 0 aliphatic heterocycles. The molecular formula is C14H18BrN. The van der Waals surface area contributed by atoms with Crippen molar-refractivity contribution in [1.82, 2.24) is 5.32 Å². The second-order valence-electron chi connectivity index (χ2n) is 4.57. The van der Waals surface area contributed by atoms with Gasteiger partial charge in [0, 0.05) is 17.1 Å². The molecule has 16 heavy (non-hydrogen) atoms. The van der Waals surface area contributed by atoms with Gasteiger partial charge < -0.3 is 5.32 Å². The van der Waals surface area contributed by atoms with E-state index in [1.807, 2.05) is 0 Å². The molecule has 1 nitrogen and oxygen atoms in total. The van der Waals surface area contributed by atoms with Crippen LogP contribution in [0.4, 0.5) is 0 Å². The summed E-state index contributed by atoms with van der Waals surface area (Å²) in [4.78, 5) is 0. The predicted octanol–water partition coefficient (Wildman–Crippen LogP) is 3.94. The van der Waals surface area contributed by atoms with E-state index >= 15 is 0 Å². The van der Waals surface area contributed by atoms with Crippen LogP contribution in [0.5, 0.6) is 0 Å². The van der Waals surface area contributed by atoms with Gasteiger partial charge in [-0.25, -0.2) is 0 Å². The molecule has 1 N–H and O–H groups in total. The highest BCUT2D eigenvalue weighted by Gasteiger charge is 2.32. The SMILES string of the molecule is C=C(Br)CNC(c1ccccc1C)C1CC1. The van der Waals surface area contributed by atoms with E-state index in [0.29, 0.717) is 6.04 Å². The van der Waals surface area contributed by atoms with Crippen LogP contribution in [0.25, 0.3) is 0 Å². The lowest BCUT2D eigenvalue weighted by atomic mass is 9.97. The lowest BCUT2D eigenvalue weighted by Crippen LogP contribution is -2.24. The van der Waals surface area contributed by atoms with E-state index in [4.69, 9.17) is 0 Å². The molecule has 1 aliphatic carbocycles. The number of hydrogen-bond acceptors (Lipinski definition) is 1. The summed E-state index contributed by atoms with van der Waals surface area (Å²) in [6, 6.07) is 9.15. The summed E-state index contributed by atoms with van der Waals surface area (Å²) in [5.74, 6) is 0.813. The van der Waals surface area contributed by atoms with Crippen molar-refractivity contribution in [3.8, 4) is 0 Å². The van der Waals surface area contributed by atoms with Gasteiger partial charge in [0.2, 0.25) is 0 Å². The number of aryl methyl sites for hydroxylation is 1. The van der Waals surface area contributed by atoms with Gasteiger partial charge in [0.25, 0.3) is 0 Å². The summed E-state index contributed by atoms with van der Waals surface area (Å²) in [5.41, 5.74) is 2.82. The first-order valence-corrected chi connectivity index (χ1v) is 6.60. The van der Waals surface area contributed by atoms with Gasteiger partial charge >= 0.3 is 0 Å². The molecule has 0 bridgehead atoms. The molecule has 1 saturated carbocycles. The number of benzene rings is 1. The Labute approximate surface area is 106 Å². The average Bonchev–Trinajstić information content (AvgIpc) is 3.04. The molecule has 0 amide bonds. The van der Waals surface area contributed by atoms with Crippen molar-refractivity contribution in [1.29, 1.82) is 0 Å². The molecule has 2 heteroatoms. The van der Waals surface area contributed by atoms with Crippen molar-refractivity contribution in [3.63, 3.8) is 0 Å². The normalized spacial score (nSPS) is 17.1. The maximum absolute atomic E-state index is 3.88. The first-order chi connectivity index (χ1) is 7.68. The number of halogens is 1. The zero-order valence-corrected chi connectivity index (χ0v) is 11.3. The van der Waals surface area contributed by atoms with Gasteiger partial charge in [0.1, 0.15) is 0 Å². The van der Waals surface area contributed by atoms with Gasteiger partial charge in [-0.2, -0.15) is 0 Å². The van der Waals surface area contributed by atoms with E-state index in [2.05, 4.69) is 59.0 Å². The van der Waals surface area contributed by atoms with Crippen molar-refractivity contribution in [2.75, 3.05) is 6.54 Å². The third-order valence-corrected chi connectivity index (χ3v) is 3.41. The second-order valence-corrected chi connectivity index (χ2v) is 5.69. The Bertz CT molecular complexity index is 382. The molecule has 86 valence electrons. The quantitative estimate of drug-likeness (QED) is 0.861. The fourth-order valence-electron chi connectivity index (χ4n) is 2.12. The highest BCUT2D eigenvalue weighted by atomic mass is 79.9. The van der Waals surface area contributed by atoms with E-state index in [0.717, 1.165) is 16.9 Å². The van der Waals surface area contributed by atoms with E-state index in [1.165, 1.54) is 24.0 Å². The highest BCUT2D eigenvalue weighted by molar-refractivity contribution is 9.11. The van der Waals surface area contributed by atoms with Gasteiger partial charge in [-0.15, -0.1) is 0 Å². The fourth-order valence-corrected chi connectivity index (χ4v) is 2.28. The van der Waals surface area contributed by atoms with Crippen LogP contribution < -0.4 is 5.32 Å². The summed E-state index contributed by atoms with van der Waals surface area (Å²) in [6.45, 7) is 6.91. The summed E-state index contributed by atoms with van der Waals surface area (Å²) in [6.07, 6.45) is 2.70. The number of hydrogen-bond donors (Lipinski definition) is 1. The smallest absolute Gasteiger partial charge is 0.0354 e. The van der Waals surface area contributed by atoms with Crippen LogP contribution in [0.3, 0.4) is 0 Å². The van der Waals surface area contributed by atoms with Gasteiger partial charge in [0.05, 0.1) is 0 Å². The number of nitrogens with one attached hydrogen (secondary N) is 1. The Morgan fingerprint density at radius 2 is 2.19 bits per heavy atom. The zero-order chi connectivity index (χ0) is 11.5. The molecule has 0 aromatic heterocycles. The molecule has 0 heterocycles. The van der Waals surface area contributed by atoms with Gasteiger partial charge in [-0.3, -0.25) is 0 Å². The fraction of sp³-hybridized carbons (Fsp3) is 0.429. The third-order valence-electron chi connectivity index (χ3n) is 3.13. The summed E-state index contributed by atoms with van der Waals surface area (Å²) in [7, 11) is 0. The maximum Gasteiger partial charge on any atom is 0.0354 e. The molecule has 0 saturated heterocycles. The topological polar surface area (TPSA) is 12.0 Å². The first kappa shape index (κ1) is 11.9. The van der Waals surface area contributed by atoms with E-state index in [-0.39, 0.29) is 0 Å². The molecule has 2 rings (SSSR count). The molecule has 1 atom stereocenters. The van der Waals surface area contributed by atoms with Crippen molar-refractivity contribution in [2.45, 2.75) is 25.8 Å². The Morgan fingerprint density at radius 1 is 1.50 bits per heavy atom. The average molecular weight is 280 g/mol. The first-order valence-electron chi connectivity index (χ1n) is 5.80. The van der Waals surface area contributed by atoms with Crippen LogP contribution in [0.15, 0.2) is 35.3 Å². The van der Waals surface area contributed by atoms with E-state index < -0.39 is 0 Å². The van der Waals surface area contributed by atoms with Gasteiger partial charge in [-0.1, -0.05) is 46.8 Å². The van der Waals surface area contributed by atoms with Crippen molar-refractivity contribution < 1.29 is 0 Å². The number of rotatable bonds is 5. The van der Waals surface area contributed by atoms with Crippen LogP contribution in [0.2, 0.25) is 0 Å². The third kappa shape index (κ3) is 2.96. The van der Waals surface area contributed by atoms with Gasteiger partial charge in [0.15, 0.2) is 0 Å². The minimum absolute atomic E-state index is 0.496. The Balaban J connectivity index is 2.12. The lowest BCUT2D eigenvalue weighted by Gasteiger charge is -2.20. The van der Waals surface area contributed by atoms with E-state index in [9.17, 15) is 0 Å². The standard InChI is InChI=1S/C14H18BrN/c1-10-5-3-4-6-13(10)14(12-7-8-12)16-9-11(2)15/h3-6,12,14,16H,2,7-9H2,1H3. The minimum Gasteiger partial charge on any atom is -0.305 e. The van der Waals surface area contributed by atoms with Gasteiger partial charge in [-0.05, 0) is 36.8 Å². The molecule has 1 fully saturated rings. The molecular weight excluding hydrogens is 262 g/mol. The van der Waals surface area contributed by atoms with Crippen LogP contribution in [0.1, 0.15) is 30.0 Å². The van der Waals surface area contributed by atoms with Crippen LogP contribution in [-0.4, -0.2) is 6.54 Å². The monoisotopic (exact) mass is 279 g/mol. The second kappa shape index (κ2) is 5.15. The van der Waals surface area contributed by atoms with Crippen molar-refractivity contribution in [3.05, 3.63) is 46.5 Å². The Hall–Kier alpha value is -0.600. The van der Waals surface area contributed by atoms with Crippen LogP contribution in [0, 0.1) is 12.8 Å². The molecule has 1 aromatic rings. The summed E-state index contributed by atoms with van der Waals surface area (Å²) >= 11 is 3.41. The molecule has 0 spiro atoms. The minimum atomic E-state index is 0.496. The largest absolute Gasteiger partial charge is 0.305 e. The van der Waals surface area contributed by atoms with Crippen molar-refractivity contribution in [2.24, 2.45) is 5.92 Å².